The van der Waals surface area contributed by atoms with E-state index in [4.69, 9.17) is 37.9 Å². The van der Waals surface area contributed by atoms with Crippen molar-refractivity contribution < 1.29 is 57.1 Å². The third kappa shape index (κ3) is 14.3. The van der Waals surface area contributed by atoms with Gasteiger partial charge in [0.25, 0.3) is 0 Å². The van der Waals surface area contributed by atoms with Gasteiger partial charge in [-0.15, -0.1) is 0 Å². The minimum Gasteiger partial charge on any atom is -0.481 e. The van der Waals surface area contributed by atoms with Crippen LogP contribution < -0.4 is 18.9 Å². The van der Waals surface area contributed by atoms with Crippen LogP contribution in [0.1, 0.15) is 194 Å². The van der Waals surface area contributed by atoms with Gasteiger partial charge < -0.3 is 37.9 Å². The summed E-state index contributed by atoms with van der Waals surface area (Å²) in [5.74, 6) is 0.506. The van der Waals surface area contributed by atoms with Crippen LogP contribution in [0.25, 0.3) is 0 Å². The fraction of sp³-hybridized carbons (Fsp3) is 0.562. The van der Waals surface area contributed by atoms with E-state index in [2.05, 4.69) is 27.7 Å². The molecule has 4 aromatic rings. The van der Waals surface area contributed by atoms with Gasteiger partial charge in [0.2, 0.25) is 0 Å². The van der Waals surface area contributed by atoms with Crippen LogP contribution in [0.3, 0.4) is 0 Å². The molecule has 0 aliphatic heterocycles. The minimum atomic E-state index is -0.704. The molecule has 0 atom stereocenters. The van der Waals surface area contributed by atoms with Crippen LogP contribution >= 0.6 is 0 Å². The molecule has 12 nitrogen and oxygen atoms in total. The third-order valence-corrected chi connectivity index (χ3v) is 14.4. The van der Waals surface area contributed by atoms with Gasteiger partial charge in [-0.05, 0) is 303 Å². The Morgan fingerprint density at radius 1 is 0.263 bits per heavy atom. The second-order valence-electron chi connectivity index (χ2n) is 24.9. The SMILES string of the molecule is Cc1c2c(C)c(OCC(=O)OC(C)(C)C)c(C)c1Cc1c(C)c(c(C)c(OCC(=O)OC(C)(C)C)c1C)Cc1c(C)c(c(C)c(OCC(=O)OC(C)(C)C)c1C)Cc1c(C)c(c(C)c(OCC(=O)OC(C)(C)C)c1C)C2. The number of hydrogen-bond acceptors (Lipinski definition) is 12. The lowest BCUT2D eigenvalue weighted by atomic mass is 9.78. The van der Waals surface area contributed by atoms with E-state index in [0.717, 1.165) is 111 Å². The smallest absolute Gasteiger partial charge is 0.344 e. The Balaban J connectivity index is 1.94. The number of carbonyl (C=O) groups excluding carboxylic acids is 4. The summed E-state index contributed by atoms with van der Waals surface area (Å²) in [6.07, 6.45) is 1.85. The first-order valence-electron chi connectivity index (χ1n) is 26.7. The molecule has 4 aromatic carbocycles. The Kier molecular flexibility index (Phi) is 18.3. The summed E-state index contributed by atoms with van der Waals surface area (Å²) < 4.78 is 49.3. The number of benzene rings is 4. The van der Waals surface area contributed by atoms with Crippen molar-refractivity contribution in [3.05, 3.63) is 111 Å². The van der Waals surface area contributed by atoms with Crippen LogP contribution in [-0.2, 0) is 63.8 Å². The van der Waals surface area contributed by atoms with Crippen molar-refractivity contribution in [2.75, 3.05) is 26.4 Å². The molecule has 1 aliphatic carbocycles. The van der Waals surface area contributed by atoms with E-state index in [0.29, 0.717) is 48.7 Å². The van der Waals surface area contributed by atoms with Gasteiger partial charge in [0.05, 0.1) is 0 Å². The number of rotatable bonds is 12. The number of esters is 4. The zero-order valence-corrected chi connectivity index (χ0v) is 50.6. The maximum absolute atomic E-state index is 13.3. The number of hydrogen-bond donors (Lipinski definition) is 0. The minimum absolute atomic E-state index is 0.287. The highest BCUT2D eigenvalue weighted by Gasteiger charge is 2.31. The predicted molar refractivity (Wildman–Crippen MR) is 299 cm³/mol. The number of ether oxygens (including phenoxy) is 8. The molecule has 8 bridgehead atoms. The van der Waals surface area contributed by atoms with Crippen LogP contribution in [-0.4, -0.2) is 72.7 Å². The molecule has 0 radical (unpaired) electrons. The summed E-state index contributed by atoms with van der Waals surface area (Å²) >= 11 is 0. The van der Waals surface area contributed by atoms with E-state index in [1.54, 1.807) is 0 Å². The molecule has 1 aliphatic rings. The summed E-state index contributed by atoms with van der Waals surface area (Å²) in [5, 5.41) is 0. The molecule has 0 N–H and O–H groups in total. The van der Waals surface area contributed by atoms with E-state index < -0.39 is 46.3 Å². The molecular formula is C64H88O12. The molecule has 0 fully saturated rings. The van der Waals surface area contributed by atoms with Crippen LogP contribution in [0.15, 0.2) is 0 Å². The first-order chi connectivity index (χ1) is 34.8. The average molecular weight is 1050 g/mol. The molecule has 0 amide bonds. The largest absolute Gasteiger partial charge is 0.481 e. The lowest BCUT2D eigenvalue weighted by Gasteiger charge is -2.29. The van der Waals surface area contributed by atoms with Gasteiger partial charge in [-0.2, -0.15) is 0 Å². The van der Waals surface area contributed by atoms with Crippen molar-refractivity contribution in [3.63, 3.8) is 0 Å². The van der Waals surface area contributed by atoms with Gasteiger partial charge >= 0.3 is 23.9 Å². The van der Waals surface area contributed by atoms with E-state index >= 15 is 0 Å². The lowest BCUT2D eigenvalue weighted by molar-refractivity contribution is -0.158. The molecule has 0 saturated heterocycles. The average Bonchev–Trinajstić information content (AvgIpc) is 3.25. The molecule has 12 heteroatoms. The monoisotopic (exact) mass is 1050 g/mol. The molecule has 76 heavy (non-hydrogen) atoms. The quantitative estimate of drug-likeness (QED) is 0.0867. The fourth-order valence-corrected chi connectivity index (χ4v) is 10.9. The Labute approximate surface area is 454 Å². The predicted octanol–water partition coefficient (Wildman–Crippen LogP) is 12.9. The van der Waals surface area contributed by atoms with Crippen LogP contribution in [0, 0.1) is 83.1 Å². The summed E-state index contributed by atoms with van der Waals surface area (Å²) in [6, 6.07) is 0. The van der Waals surface area contributed by atoms with Gasteiger partial charge in [-0.3, -0.25) is 0 Å². The van der Waals surface area contributed by atoms with Crippen LogP contribution in [0.5, 0.6) is 23.0 Å². The summed E-state index contributed by atoms with van der Waals surface area (Å²) in [4.78, 5) is 53.4. The highest BCUT2D eigenvalue weighted by atomic mass is 16.6. The summed E-state index contributed by atoms with van der Waals surface area (Å²) in [6.45, 7) is 45.9. The Morgan fingerprint density at radius 3 is 0.513 bits per heavy atom. The molecule has 0 heterocycles. The standard InChI is InChI=1S/C64H88O12/c1-33-45-25-47-34(2)49(41(9)58(39(47)7)70-30-54(66)74-62(16,17)18)27-51-36(4)52(44(12)60(43(51)11)72-32-56(68)76-64(22,23)24)28-50-35(3)48(40(8)59(42(50)10)71-31-55(67)75-63(19,20)21)26-46(33)38(6)57(37(45)5)69-29-53(65)73-61(13,14)15/h25-32H2,1-24H3. The molecule has 0 saturated carbocycles. The maximum Gasteiger partial charge on any atom is 0.344 e. The maximum atomic E-state index is 13.3. The van der Waals surface area contributed by atoms with Crippen molar-refractivity contribution >= 4 is 23.9 Å². The first kappa shape index (κ1) is 60.8. The second kappa shape index (κ2) is 22.9. The van der Waals surface area contributed by atoms with E-state index in [-0.39, 0.29) is 26.4 Å². The Hall–Kier alpha value is -6.04. The highest BCUT2D eigenvalue weighted by Crippen LogP contribution is 2.45. The van der Waals surface area contributed by atoms with Gasteiger partial charge in [-0.1, -0.05) is 0 Å². The van der Waals surface area contributed by atoms with Crippen LogP contribution in [0.4, 0.5) is 0 Å². The lowest BCUT2D eigenvalue weighted by Crippen LogP contribution is -2.28. The topological polar surface area (TPSA) is 142 Å². The molecule has 0 aromatic heterocycles. The first-order valence-corrected chi connectivity index (χ1v) is 26.7. The molecule has 5 rings (SSSR count). The zero-order valence-electron chi connectivity index (χ0n) is 50.6. The van der Waals surface area contributed by atoms with Gasteiger partial charge in [0, 0.05) is 0 Å². The van der Waals surface area contributed by atoms with Crippen molar-refractivity contribution in [2.45, 2.75) is 214 Å². The number of carbonyl (C=O) groups is 4. The molecule has 0 unspecified atom stereocenters. The fourth-order valence-electron chi connectivity index (χ4n) is 10.9. The zero-order chi connectivity index (χ0) is 57.5. The van der Waals surface area contributed by atoms with Crippen molar-refractivity contribution in [1.29, 1.82) is 0 Å². The van der Waals surface area contributed by atoms with E-state index in [1.807, 2.05) is 138 Å². The second-order valence-corrected chi connectivity index (χ2v) is 24.9. The molecule has 416 valence electrons. The van der Waals surface area contributed by atoms with Gasteiger partial charge in [0.15, 0.2) is 26.4 Å². The highest BCUT2D eigenvalue weighted by molar-refractivity contribution is 5.75. The van der Waals surface area contributed by atoms with Crippen molar-refractivity contribution in [1.82, 2.24) is 0 Å². The van der Waals surface area contributed by atoms with E-state index in [9.17, 15) is 19.2 Å². The Bertz CT molecular complexity index is 2430. The molecular weight excluding hydrogens is 961 g/mol. The van der Waals surface area contributed by atoms with Gasteiger partial charge in [0.1, 0.15) is 45.4 Å². The van der Waals surface area contributed by atoms with E-state index in [1.165, 1.54) is 0 Å². The normalized spacial score (nSPS) is 12.9. The van der Waals surface area contributed by atoms with Crippen LogP contribution in [0.2, 0.25) is 0 Å². The third-order valence-electron chi connectivity index (χ3n) is 14.4. The van der Waals surface area contributed by atoms with Crippen molar-refractivity contribution in [3.8, 4) is 23.0 Å². The Morgan fingerprint density at radius 2 is 0.395 bits per heavy atom. The number of fused-ring (bicyclic) bond motifs is 8. The summed E-state index contributed by atoms with van der Waals surface area (Å²) in [5.41, 5.74) is 16.8. The van der Waals surface area contributed by atoms with Crippen molar-refractivity contribution in [2.24, 2.45) is 0 Å². The summed E-state index contributed by atoms with van der Waals surface area (Å²) in [7, 11) is 0. The van der Waals surface area contributed by atoms with Gasteiger partial charge in [-0.25, -0.2) is 19.2 Å². The molecule has 0 spiro atoms.